The van der Waals surface area contributed by atoms with E-state index in [0.717, 1.165) is 11.3 Å². The van der Waals surface area contributed by atoms with Crippen LogP contribution in [0.1, 0.15) is 48.4 Å². The summed E-state index contributed by atoms with van der Waals surface area (Å²) in [5.41, 5.74) is 1.80. The van der Waals surface area contributed by atoms with Gasteiger partial charge < -0.3 is 19.1 Å². The number of ether oxygens (including phenoxy) is 1. The lowest BCUT2D eigenvalue weighted by molar-refractivity contribution is -0.135. The normalized spacial score (nSPS) is 15.6. The number of hydrogen-bond donors (Lipinski definition) is 0. The van der Waals surface area contributed by atoms with E-state index in [2.05, 4.69) is 4.57 Å². The molecule has 0 N–H and O–H groups in total. The molecule has 178 valence electrons. The molecule has 2 aromatic carbocycles. The minimum Gasteiger partial charge on any atom is -0.497 e. The molecule has 2 heterocycles. The first-order chi connectivity index (χ1) is 16.2. The van der Waals surface area contributed by atoms with Gasteiger partial charge in [0.25, 0.3) is 5.91 Å². The Hall–Kier alpha value is -3.25. The van der Waals surface area contributed by atoms with Gasteiger partial charge in [-0.1, -0.05) is 35.9 Å². The minimum atomic E-state index is -0.564. The number of carbonyl (C=O) groups is 2. The van der Waals surface area contributed by atoms with Crippen molar-refractivity contribution in [3.8, 4) is 5.75 Å². The van der Waals surface area contributed by atoms with Crippen molar-refractivity contribution in [3.05, 3.63) is 88.7 Å². The van der Waals surface area contributed by atoms with E-state index in [1.165, 1.54) is 0 Å². The van der Waals surface area contributed by atoms with Crippen LogP contribution in [0.25, 0.3) is 0 Å². The van der Waals surface area contributed by atoms with Crippen LogP contribution < -0.4 is 4.74 Å². The summed E-state index contributed by atoms with van der Waals surface area (Å²) in [4.78, 5) is 30.8. The Kier molecular flexibility index (Phi) is 6.71. The van der Waals surface area contributed by atoms with E-state index in [1.54, 1.807) is 36.3 Å². The maximum atomic E-state index is 13.8. The number of halogens is 1. The van der Waals surface area contributed by atoms with Gasteiger partial charge in [0.1, 0.15) is 12.3 Å². The van der Waals surface area contributed by atoms with Crippen LogP contribution in [0.5, 0.6) is 5.75 Å². The molecule has 0 aliphatic carbocycles. The molecular formula is C27H30ClN3O3. The second-order valence-corrected chi connectivity index (χ2v) is 9.84. The van der Waals surface area contributed by atoms with Gasteiger partial charge in [-0.15, -0.1) is 0 Å². The standard InChI is InChI=1S/C27H30ClN3O3/c1-27(2,3)31(26(33)19-9-7-10-20(17-19)34-4)18-24(32)30-16-15-29-14-8-13-23(29)25(30)21-11-5-6-12-22(21)28/h5-14,17,25H,15-16,18H2,1-4H3/t25-/m1/s1. The summed E-state index contributed by atoms with van der Waals surface area (Å²) >= 11 is 6.57. The molecule has 1 aliphatic heterocycles. The number of amides is 2. The second-order valence-electron chi connectivity index (χ2n) is 9.43. The van der Waals surface area contributed by atoms with Crippen LogP contribution >= 0.6 is 11.6 Å². The van der Waals surface area contributed by atoms with Crippen LogP contribution in [0.4, 0.5) is 0 Å². The maximum Gasteiger partial charge on any atom is 0.254 e. The van der Waals surface area contributed by atoms with Crippen LogP contribution in [0.3, 0.4) is 0 Å². The third kappa shape index (κ3) is 4.68. The number of benzene rings is 2. The number of carbonyl (C=O) groups excluding carboxylic acids is 2. The molecule has 3 aromatic rings. The van der Waals surface area contributed by atoms with Crippen molar-refractivity contribution in [1.82, 2.24) is 14.4 Å². The Morgan fingerprint density at radius 3 is 2.53 bits per heavy atom. The van der Waals surface area contributed by atoms with Gasteiger partial charge in [-0.25, -0.2) is 0 Å². The number of fused-ring (bicyclic) bond motifs is 1. The SMILES string of the molecule is COc1cccc(C(=O)N(CC(=O)N2CCn3cccc3[C@H]2c2ccccc2Cl)C(C)(C)C)c1. The first-order valence-electron chi connectivity index (χ1n) is 11.4. The molecule has 1 atom stereocenters. The molecule has 2 amide bonds. The van der Waals surface area contributed by atoms with Crippen molar-refractivity contribution < 1.29 is 14.3 Å². The molecule has 4 rings (SSSR count). The largest absolute Gasteiger partial charge is 0.497 e. The van der Waals surface area contributed by atoms with E-state index in [0.29, 0.717) is 29.4 Å². The van der Waals surface area contributed by atoms with Gasteiger partial charge >= 0.3 is 0 Å². The third-order valence-corrected chi connectivity index (χ3v) is 6.57. The molecule has 1 aliphatic rings. The lowest BCUT2D eigenvalue weighted by Crippen LogP contribution is -2.53. The lowest BCUT2D eigenvalue weighted by Gasteiger charge is -2.41. The molecule has 0 fully saturated rings. The summed E-state index contributed by atoms with van der Waals surface area (Å²) in [6.07, 6.45) is 2.02. The Morgan fingerprint density at radius 1 is 1.06 bits per heavy atom. The molecule has 0 spiro atoms. The average molecular weight is 480 g/mol. The number of aromatic nitrogens is 1. The zero-order valence-corrected chi connectivity index (χ0v) is 20.7. The summed E-state index contributed by atoms with van der Waals surface area (Å²) in [7, 11) is 1.57. The minimum absolute atomic E-state index is 0.0405. The number of rotatable bonds is 5. The molecule has 0 saturated heterocycles. The fraction of sp³-hybridized carbons (Fsp3) is 0.333. The Morgan fingerprint density at radius 2 is 1.82 bits per heavy atom. The highest BCUT2D eigenvalue weighted by Crippen LogP contribution is 2.36. The van der Waals surface area contributed by atoms with Gasteiger partial charge in [-0.05, 0) is 62.7 Å². The second kappa shape index (κ2) is 9.55. The van der Waals surface area contributed by atoms with E-state index < -0.39 is 5.54 Å². The molecule has 0 bridgehead atoms. The molecular weight excluding hydrogens is 450 g/mol. The number of nitrogens with zero attached hydrogens (tertiary/aromatic N) is 3. The third-order valence-electron chi connectivity index (χ3n) is 6.22. The topological polar surface area (TPSA) is 54.8 Å². The molecule has 7 heteroatoms. The van der Waals surface area contributed by atoms with Gasteiger partial charge in [-0.3, -0.25) is 9.59 Å². The van der Waals surface area contributed by atoms with Crippen LogP contribution in [0.15, 0.2) is 66.9 Å². The van der Waals surface area contributed by atoms with Gasteiger partial charge in [0.05, 0.1) is 13.2 Å². The van der Waals surface area contributed by atoms with E-state index in [4.69, 9.17) is 16.3 Å². The molecule has 0 radical (unpaired) electrons. The fourth-order valence-corrected chi connectivity index (χ4v) is 4.67. The van der Waals surface area contributed by atoms with E-state index in [9.17, 15) is 9.59 Å². The average Bonchev–Trinajstić information content (AvgIpc) is 3.30. The summed E-state index contributed by atoms with van der Waals surface area (Å²) in [5.74, 6) is 0.264. The van der Waals surface area contributed by atoms with E-state index in [-0.39, 0.29) is 24.4 Å². The van der Waals surface area contributed by atoms with Gasteiger partial charge in [0.15, 0.2) is 0 Å². The summed E-state index contributed by atoms with van der Waals surface area (Å²) in [6, 6.07) is 18.3. The Balaban J connectivity index is 1.67. The van der Waals surface area contributed by atoms with Crippen molar-refractivity contribution in [2.24, 2.45) is 0 Å². The van der Waals surface area contributed by atoms with Crippen molar-refractivity contribution in [1.29, 1.82) is 0 Å². The van der Waals surface area contributed by atoms with E-state index in [1.807, 2.05) is 68.3 Å². The van der Waals surface area contributed by atoms with Gasteiger partial charge in [0.2, 0.25) is 5.91 Å². The molecule has 0 unspecified atom stereocenters. The molecule has 6 nitrogen and oxygen atoms in total. The molecule has 0 saturated carbocycles. The lowest BCUT2D eigenvalue weighted by atomic mass is 9.99. The highest BCUT2D eigenvalue weighted by atomic mass is 35.5. The summed E-state index contributed by atoms with van der Waals surface area (Å²) in [5, 5.41) is 0.611. The quantitative estimate of drug-likeness (QED) is 0.516. The van der Waals surface area contributed by atoms with Crippen LogP contribution in [0.2, 0.25) is 5.02 Å². The summed E-state index contributed by atoms with van der Waals surface area (Å²) < 4.78 is 7.44. The van der Waals surface area contributed by atoms with Gasteiger partial charge in [-0.2, -0.15) is 0 Å². The van der Waals surface area contributed by atoms with Crippen molar-refractivity contribution in [3.63, 3.8) is 0 Å². The van der Waals surface area contributed by atoms with Crippen LogP contribution in [-0.2, 0) is 11.3 Å². The highest BCUT2D eigenvalue weighted by Gasteiger charge is 2.36. The first kappa shape index (κ1) is 23.9. The smallest absolute Gasteiger partial charge is 0.254 e. The summed E-state index contributed by atoms with van der Waals surface area (Å²) in [6.45, 7) is 6.99. The Bertz CT molecular complexity index is 1200. The first-order valence-corrected chi connectivity index (χ1v) is 11.7. The van der Waals surface area contributed by atoms with Gasteiger partial charge in [0, 0.05) is 41.1 Å². The number of methoxy groups -OCH3 is 1. The van der Waals surface area contributed by atoms with Crippen LogP contribution in [0, 0.1) is 0 Å². The zero-order valence-electron chi connectivity index (χ0n) is 20.0. The predicted molar refractivity (Wildman–Crippen MR) is 133 cm³/mol. The zero-order chi connectivity index (χ0) is 24.5. The highest BCUT2D eigenvalue weighted by molar-refractivity contribution is 6.31. The van der Waals surface area contributed by atoms with Crippen molar-refractivity contribution in [2.45, 2.75) is 38.9 Å². The monoisotopic (exact) mass is 479 g/mol. The number of hydrogen-bond acceptors (Lipinski definition) is 3. The van der Waals surface area contributed by atoms with Crippen molar-refractivity contribution in [2.75, 3.05) is 20.2 Å². The molecule has 34 heavy (non-hydrogen) atoms. The van der Waals surface area contributed by atoms with Crippen molar-refractivity contribution >= 4 is 23.4 Å². The Labute approximate surface area is 205 Å². The van der Waals surface area contributed by atoms with Crippen LogP contribution in [-0.4, -0.2) is 51.9 Å². The van der Waals surface area contributed by atoms with E-state index >= 15 is 0 Å². The molecule has 1 aromatic heterocycles. The fourth-order valence-electron chi connectivity index (χ4n) is 4.43. The maximum absolute atomic E-state index is 13.8. The predicted octanol–water partition coefficient (Wildman–Crippen LogP) is 5.02.